The van der Waals surface area contributed by atoms with Gasteiger partial charge in [0.2, 0.25) is 11.8 Å². The molecule has 0 bridgehead atoms. The minimum atomic E-state index is 0.526. The maximum Gasteiger partial charge on any atom is 0.222 e. The van der Waals surface area contributed by atoms with E-state index in [0.29, 0.717) is 18.2 Å². The fourth-order valence-electron chi connectivity index (χ4n) is 1.07. The van der Waals surface area contributed by atoms with Gasteiger partial charge in [-0.1, -0.05) is 5.16 Å². The Morgan fingerprint density at radius 1 is 1.31 bits per heavy atom. The molecule has 0 amide bonds. The van der Waals surface area contributed by atoms with Crippen molar-refractivity contribution in [1.29, 1.82) is 0 Å². The molecule has 0 saturated carbocycles. The molecule has 0 saturated heterocycles. The van der Waals surface area contributed by atoms with Crippen molar-refractivity contribution in [2.75, 3.05) is 0 Å². The Morgan fingerprint density at radius 3 is 2.69 bits per heavy atom. The Kier molecular flexibility index (Phi) is 1.84. The maximum absolute atomic E-state index is 5.19. The predicted octanol–water partition coefficient (Wildman–Crippen LogP) is 1.27. The van der Waals surface area contributed by atoms with Crippen LogP contribution in [0.1, 0.15) is 23.2 Å². The Labute approximate surface area is 74.8 Å². The highest BCUT2D eigenvalue weighted by Crippen LogP contribution is 2.08. The van der Waals surface area contributed by atoms with E-state index < -0.39 is 0 Å². The second-order valence-electron chi connectivity index (χ2n) is 2.82. The van der Waals surface area contributed by atoms with Gasteiger partial charge < -0.3 is 8.94 Å². The summed E-state index contributed by atoms with van der Waals surface area (Å²) < 4.78 is 10.1. The van der Waals surface area contributed by atoms with Gasteiger partial charge in [0.25, 0.3) is 0 Å². The van der Waals surface area contributed by atoms with E-state index in [2.05, 4.69) is 15.4 Å². The molecule has 0 aromatic carbocycles. The van der Waals surface area contributed by atoms with Crippen LogP contribution in [0, 0.1) is 13.8 Å². The third-order valence-corrected chi connectivity index (χ3v) is 1.58. The van der Waals surface area contributed by atoms with Gasteiger partial charge in [0.05, 0.1) is 12.1 Å². The molecule has 0 fully saturated rings. The monoisotopic (exact) mass is 179 g/mol. The van der Waals surface area contributed by atoms with E-state index in [-0.39, 0.29) is 0 Å². The second kappa shape index (κ2) is 3.01. The van der Waals surface area contributed by atoms with Crippen molar-refractivity contribution < 1.29 is 8.94 Å². The molecule has 0 N–H and O–H groups in total. The molecule has 2 aromatic heterocycles. The van der Waals surface area contributed by atoms with Crippen LogP contribution in [-0.2, 0) is 6.42 Å². The minimum Gasteiger partial charge on any atom is -0.425 e. The molecule has 13 heavy (non-hydrogen) atoms. The molecular weight excluding hydrogens is 170 g/mol. The lowest BCUT2D eigenvalue weighted by molar-refractivity contribution is 0.388. The topological polar surface area (TPSA) is 65.0 Å². The lowest BCUT2D eigenvalue weighted by Crippen LogP contribution is -1.87. The van der Waals surface area contributed by atoms with Crippen LogP contribution in [0.15, 0.2) is 15.0 Å². The van der Waals surface area contributed by atoms with Crippen LogP contribution in [0.2, 0.25) is 0 Å². The SMILES string of the molecule is Cc1cc(Cc2nnc(C)o2)no1. The molecule has 2 rings (SSSR count). The van der Waals surface area contributed by atoms with Crippen LogP contribution >= 0.6 is 0 Å². The number of rotatable bonds is 2. The summed E-state index contributed by atoms with van der Waals surface area (Å²) in [6.07, 6.45) is 0.526. The fourth-order valence-corrected chi connectivity index (χ4v) is 1.07. The first-order chi connectivity index (χ1) is 6.24. The molecule has 0 spiro atoms. The summed E-state index contributed by atoms with van der Waals surface area (Å²) in [7, 11) is 0. The van der Waals surface area contributed by atoms with E-state index in [4.69, 9.17) is 8.94 Å². The number of aromatic nitrogens is 3. The zero-order valence-electron chi connectivity index (χ0n) is 7.44. The van der Waals surface area contributed by atoms with E-state index in [1.165, 1.54) is 0 Å². The average Bonchev–Trinajstić information content (AvgIpc) is 2.62. The van der Waals surface area contributed by atoms with Crippen LogP contribution in [0.3, 0.4) is 0 Å². The molecule has 2 aromatic rings. The molecule has 68 valence electrons. The second-order valence-corrected chi connectivity index (χ2v) is 2.82. The van der Waals surface area contributed by atoms with Crippen LogP contribution in [-0.4, -0.2) is 15.4 Å². The van der Waals surface area contributed by atoms with Crippen molar-refractivity contribution in [2.45, 2.75) is 20.3 Å². The largest absolute Gasteiger partial charge is 0.425 e. The van der Waals surface area contributed by atoms with Gasteiger partial charge in [-0.3, -0.25) is 0 Å². The lowest BCUT2D eigenvalue weighted by atomic mass is 10.3. The molecule has 5 nitrogen and oxygen atoms in total. The van der Waals surface area contributed by atoms with Crippen LogP contribution in [0.4, 0.5) is 0 Å². The number of nitrogens with zero attached hydrogens (tertiary/aromatic N) is 3. The number of aryl methyl sites for hydroxylation is 2. The Bertz CT molecular complexity index is 367. The standard InChI is InChI=1S/C8H9N3O2/c1-5-3-7(11-13-5)4-8-10-9-6(2)12-8/h3H,4H2,1-2H3. The molecule has 0 atom stereocenters. The highest BCUT2D eigenvalue weighted by molar-refractivity contribution is 5.07. The summed E-state index contributed by atoms with van der Waals surface area (Å²) in [5.74, 6) is 1.91. The van der Waals surface area contributed by atoms with Gasteiger partial charge >= 0.3 is 0 Å². The zero-order valence-corrected chi connectivity index (χ0v) is 7.44. The van der Waals surface area contributed by atoms with Crippen LogP contribution < -0.4 is 0 Å². The number of hydrogen-bond acceptors (Lipinski definition) is 5. The fraction of sp³-hybridized carbons (Fsp3) is 0.375. The Hall–Kier alpha value is -1.65. The Morgan fingerprint density at radius 2 is 2.15 bits per heavy atom. The van der Waals surface area contributed by atoms with E-state index >= 15 is 0 Å². The van der Waals surface area contributed by atoms with E-state index in [0.717, 1.165) is 11.5 Å². The van der Waals surface area contributed by atoms with Gasteiger partial charge in [0.15, 0.2) is 0 Å². The third kappa shape index (κ3) is 1.74. The third-order valence-electron chi connectivity index (χ3n) is 1.58. The molecule has 5 heteroatoms. The average molecular weight is 179 g/mol. The molecule has 0 radical (unpaired) electrons. The summed E-state index contributed by atoms with van der Waals surface area (Å²) >= 11 is 0. The summed E-state index contributed by atoms with van der Waals surface area (Å²) in [4.78, 5) is 0. The van der Waals surface area contributed by atoms with Crippen molar-refractivity contribution in [3.05, 3.63) is 29.3 Å². The van der Waals surface area contributed by atoms with E-state index in [1.54, 1.807) is 6.92 Å². The Balaban J connectivity index is 2.14. The van der Waals surface area contributed by atoms with E-state index in [1.807, 2.05) is 13.0 Å². The lowest BCUT2D eigenvalue weighted by Gasteiger charge is -1.85. The minimum absolute atomic E-state index is 0.526. The van der Waals surface area contributed by atoms with Crippen molar-refractivity contribution in [2.24, 2.45) is 0 Å². The van der Waals surface area contributed by atoms with Gasteiger partial charge in [0.1, 0.15) is 5.76 Å². The maximum atomic E-state index is 5.19. The summed E-state index contributed by atoms with van der Waals surface area (Å²) in [6, 6.07) is 1.85. The summed E-state index contributed by atoms with van der Waals surface area (Å²) in [5.41, 5.74) is 0.807. The summed E-state index contributed by atoms with van der Waals surface area (Å²) in [5, 5.41) is 11.4. The highest BCUT2D eigenvalue weighted by Gasteiger charge is 2.06. The zero-order chi connectivity index (χ0) is 9.26. The quantitative estimate of drug-likeness (QED) is 0.694. The van der Waals surface area contributed by atoms with Crippen molar-refractivity contribution in [1.82, 2.24) is 15.4 Å². The first-order valence-corrected chi connectivity index (χ1v) is 3.95. The van der Waals surface area contributed by atoms with Crippen molar-refractivity contribution >= 4 is 0 Å². The predicted molar refractivity (Wildman–Crippen MR) is 43.1 cm³/mol. The first kappa shape index (κ1) is 7.97. The molecule has 0 aliphatic rings. The van der Waals surface area contributed by atoms with E-state index in [9.17, 15) is 0 Å². The first-order valence-electron chi connectivity index (χ1n) is 3.95. The smallest absolute Gasteiger partial charge is 0.222 e. The molecule has 0 aliphatic heterocycles. The van der Waals surface area contributed by atoms with Gasteiger partial charge in [-0.15, -0.1) is 10.2 Å². The van der Waals surface area contributed by atoms with Crippen LogP contribution in [0.5, 0.6) is 0 Å². The molecule has 0 unspecified atom stereocenters. The molecular formula is C8H9N3O2. The normalized spacial score (nSPS) is 10.6. The summed E-state index contributed by atoms with van der Waals surface area (Å²) in [6.45, 7) is 3.60. The van der Waals surface area contributed by atoms with Crippen molar-refractivity contribution in [3.8, 4) is 0 Å². The highest BCUT2D eigenvalue weighted by atomic mass is 16.5. The van der Waals surface area contributed by atoms with Gasteiger partial charge in [-0.05, 0) is 6.92 Å². The molecule has 2 heterocycles. The number of hydrogen-bond donors (Lipinski definition) is 0. The van der Waals surface area contributed by atoms with Gasteiger partial charge in [-0.25, -0.2) is 0 Å². The van der Waals surface area contributed by atoms with Crippen molar-refractivity contribution in [3.63, 3.8) is 0 Å². The van der Waals surface area contributed by atoms with Crippen LogP contribution in [0.25, 0.3) is 0 Å². The van der Waals surface area contributed by atoms with Gasteiger partial charge in [0, 0.05) is 13.0 Å². The van der Waals surface area contributed by atoms with Gasteiger partial charge in [-0.2, -0.15) is 0 Å². The molecule has 0 aliphatic carbocycles.